The van der Waals surface area contributed by atoms with Crippen LogP contribution in [0.3, 0.4) is 0 Å². The average molecular weight is 277 g/mol. The molecule has 0 aromatic heterocycles. The summed E-state index contributed by atoms with van der Waals surface area (Å²) in [5.74, 6) is -0.0190. The highest BCUT2D eigenvalue weighted by molar-refractivity contribution is 5.74. The van der Waals surface area contributed by atoms with Gasteiger partial charge in [-0.3, -0.25) is 9.63 Å². The van der Waals surface area contributed by atoms with Crippen LogP contribution in [0.5, 0.6) is 0 Å². The summed E-state index contributed by atoms with van der Waals surface area (Å²) in [4.78, 5) is 16.7. The number of hydrogen-bond acceptors (Lipinski definition) is 2. The van der Waals surface area contributed by atoms with E-state index >= 15 is 0 Å². The molecule has 1 amide bonds. The third-order valence-electron chi connectivity index (χ3n) is 3.28. The summed E-state index contributed by atoms with van der Waals surface area (Å²) in [5.41, 5.74) is 3.56. The summed E-state index contributed by atoms with van der Waals surface area (Å²) in [7, 11) is 0. The Kier molecular flexibility index (Phi) is 9.58. The lowest BCUT2D eigenvalue weighted by molar-refractivity contribution is -0.134. The Balaban J connectivity index is 1.93. The minimum atomic E-state index is -0.0190. The Morgan fingerprint density at radius 3 is 2.35 bits per heavy atom. The van der Waals surface area contributed by atoms with Gasteiger partial charge in [-0.25, -0.2) is 5.48 Å². The Labute approximate surface area is 122 Å². The fourth-order valence-corrected chi connectivity index (χ4v) is 2.07. The first kappa shape index (κ1) is 16.7. The van der Waals surface area contributed by atoms with Crippen LogP contribution in [0, 0.1) is 0 Å². The van der Waals surface area contributed by atoms with Crippen molar-refractivity contribution < 1.29 is 9.63 Å². The number of rotatable bonds is 11. The second-order valence-corrected chi connectivity index (χ2v) is 5.17. The first-order valence-corrected chi connectivity index (χ1v) is 7.77. The van der Waals surface area contributed by atoms with E-state index in [2.05, 4.69) is 12.4 Å². The first-order chi connectivity index (χ1) is 9.83. The van der Waals surface area contributed by atoms with E-state index < -0.39 is 0 Å². The monoisotopic (exact) mass is 277 g/mol. The second kappa shape index (κ2) is 11.5. The molecule has 0 bridgehead atoms. The predicted molar refractivity (Wildman–Crippen MR) is 82.0 cm³/mol. The summed E-state index contributed by atoms with van der Waals surface area (Å²) in [6.07, 6.45) is 9.10. The molecule has 0 aliphatic heterocycles. The van der Waals surface area contributed by atoms with Crippen molar-refractivity contribution in [3.63, 3.8) is 0 Å². The number of hydrogen-bond donors (Lipinski definition) is 1. The van der Waals surface area contributed by atoms with Crippen LogP contribution in [0.1, 0.15) is 63.9 Å². The van der Waals surface area contributed by atoms with Gasteiger partial charge in [0.25, 0.3) is 0 Å². The molecule has 3 nitrogen and oxygen atoms in total. The van der Waals surface area contributed by atoms with Gasteiger partial charge in [0, 0.05) is 6.42 Å². The highest BCUT2D eigenvalue weighted by Gasteiger charge is 2.01. The van der Waals surface area contributed by atoms with E-state index in [9.17, 15) is 4.79 Å². The molecule has 1 rings (SSSR count). The van der Waals surface area contributed by atoms with Crippen molar-refractivity contribution in [2.24, 2.45) is 0 Å². The number of hydroxylamine groups is 1. The van der Waals surface area contributed by atoms with Crippen molar-refractivity contribution in [3.05, 3.63) is 35.9 Å². The van der Waals surface area contributed by atoms with Gasteiger partial charge in [0.2, 0.25) is 5.91 Å². The zero-order valence-electron chi connectivity index (χ0n) is 12.6. The Bertz CT molecular complexity index is 351. The molecule has 0 radical (unpaired) electrons. The molecule has 0 fully saturated rings. The molecule has 20 heavy (non-hydrogen) atoms. The summed E-state index contributed by atoms with van der Waals surface area (Å²) >= 11 is 0. The lowest BCUT2D eigenvalue weighted by Gasteiger charge is -2.06. The van der Waals surface area contributed by atoms with Gasteiger partial charge in [0.05, 0.1) is 6.61 Å². The van der Waals surface area contributed by atoms with Gasteiger partial charge >= 0.3 is 0 Å². The van der Waals surface area contributed by atoms with E-state index in [1.54, 1.807) is 0 Å². The Hall–Kier alpha value is -1.35. The predicted octanol–water partition coefficient (Wildman–Crippen LogP) is 4.38. The van der Waals surface area contributed by atoms with E-state index in [1.165, 1.54) is 32.1 Å². The maximum absolute atomic E-state index is 11.5. The minimum Gasteiger partial charge on any atom is -0.273 e. The van der Waals surface area contributed by atoms with Gasteiger partial charge in [-0.15, -0.1) is 0 Å². The molecule has 0 saturated heterocycles. The molecule has 0 unspecified atom stereocenters. The van der Waals surface area contributed by atoms with Crippen molar-refractivity contribution in [3.8, 4) is 0 Å². The Morgan fingerprint density at radius 2 is 1.65 bits per heavy atom. The summed E-state index contributed by atoms with van der Waals surface area (Å²) < 4.78 is 0. The van der Waals surface area contributed by atoms with E-state index in [0.717, 1.165) is 18.4 Å². The zero-order valence-corrected chi connectivity index (χ0v) is 12.6. The SMILES string of the molecule is CCCCCCCCCC(=O)NOCc1ccccc1. The minimum absolute atomic E-state index is 0.0190. The number of benzene rings is 1. The standard InChI is InChI=1S/C17H27NO2/c1-2-3-4-5-6-7-11-14-17(19)18-20-15-16-12-9-8-10-13-16/h8-10,12-13H,2-7,11,14-15H2,1H3,(H,18,19). The summed E-state index contributed by atoms with van der Waals surface area (Å²) in [5, 5.41) is 0. The molecular formula is C17H27NO2. The fraction of sp³-hybridized carbons (Fsp3) is 0.588. The molecule has 1 aromatic carbocycles. The normalized spacial score (nSPS) is 10.4. The molecule has 0 saturated carbocycles. The van der Waals surface area contributed by atoms with Gasteiger partial charge in [0.15, 0.2) is 0 Å². The Morgan fingerprint density at radius 1 is 1.00 bits per heavy atom. The maximum atomic E-state index is 11.5. The van der Waals surface area contributed by atoms with E-state index in [4.69, 9.17) is 4.84 Å². The molecular weight excluding hydrogens is 250 g/mol. The number of carbonyl (C=O) groups excluding carboxylic acids is 1. The first-order valence-electron chi connectivity index (χ1n) is 7.77. The lowest BCUT2D eigenvalue weighted by atomic mass is 10.1. The quantitative estimate of drug-likeness (QED) is 0.481. The molecule has 0 heterocycles. The lowest BCUT2D eigenvalue weighted by Crippen LogP contribution is -2.23. The van der Waals surface area contributed by atoms with Crippen LogP contribution >= 0.6 is 0 Å². The highest BCUT2D eigenvalue weighted by atomic mass is 16.6. The molecule has 0 atom stereocenters. The molecule has 112 valence electrons. The second-order valence-electron chi connectivity index (χ2n) is 5.17. The zero-order chi connectivity index (χ0) is 14.5. The topological polar surface area (TPSA) is 38.3 Å². The third kappa shape index (κ3) is 8.70. The largest absolute Gasteiger partial charge is 0.273 e. The van der Waals surface area contributed by atoms with Crippen LogP contribution in [0.4, 0.5) is 0 Å². The molecule has 1 aromatic rings. The van der Waals surface area contributed by atoms with Crippen LogP contribution < -0.4 is 5.48 Å². The van der Waals surface area contributed by atoms with Crippen molar-refractivity contribution in [2.75, 3.05) is 0 Å². The highest BCUT2D eigenvalue weighted by Crippen LogP contribution is 2.08. The van der Waals surface area contributed by atoms with Gasteiger partial charge in [-0.1, -0.05) is 75.8 Å². The van der Waals surface area contributed by atoms with Crippen LogP contribution in [0.25, 0.3) is 0 Å². The van der Waals surface area contributed by atoms with Gasteiger partial charge < -0.3 is 0 Å². The number of carbonyl (C=O) groups is 1. The van der Waals surface area contributed by atoms with Crippen molar-refractivity contribution in [2.45, 2.75) is 64.9 Å². The van der Waals surface area contributed by atoms with Crippen molar-refractivity contribution in [1.82, 2.24) is 5.48 Å². The third-order valence-corrected chi connectivity index (χ3v) is 3.28. The molecule has 0 spiro atoms. The van der Waals surface area contributed by atoms with Crippen molar-refractivity contribution >= 4 is 5.91 Å². The molecule has 0 aliphatic carbocycles. The maximum Gasteiger partial charge on any atom is 0.243 e. The molecule has 1 N–H and O–H groups in total. The smallest absolute Gasteiger partial charge is 0.243 e. The summed E-state index contributed by atoms with van der Waals surface area (Å²) in [6, 6.07) is 9.83. The number of nitrogens with one attached hydrogen (secondary N) is 1. The van der Waals surface area contributed by atoms with Crippen LogP contribution in [-0.2, 0) is 16.2 Å². The molecule has 0 aliphatic rings. The van der Waals surface area contributed by atoms with Crippen molar-refractivity contribution in [1.29, 1.82) is 0 Å². The van der Waals surface area contributed by atoms with Crippen LogP contribution in [-0.4, -0.2) is 5.91 Å². The van der Waals surface area contributed by atoms with E-state index in [-0.39, 0.29) is 5.91 Å². The summed E-state index contributed by atoms with van der Waals surface area (Å²) in [6.45, 7) is 2.64. The number of amides is 1. The fourth-order valence-electron chi connectivity index (χ4n) is 2.07. The average Bonchev–Trinajstić information content (AvgIpc) is 2.47. The van der Waals surface area contributed by atoms with Crippen LogP contribution in [0.2, 0.25) is 0 Å². The van der Waals surface area contributed by atoms with E-state index in [1.807, 2.05) is 30.3 Å². The van der Waals surface area contributed by atoms with Gasteiger partial charge in [-0.05, 0) is 12.0 Å². The van der Waals surface area contributed by atoms with Gasteiger partial charge in [-0.2, -0.15) is 0 Å². The van der Waals surface area contributed by atoms with E-state index in [0.29, 0.717) is 13.0 Å². The number of unbranched alkanes of at least 4 members (excludes halogenated alkanes) is 6. The van der Waals surface area contributed by atoms with Crippen LogP contribution in [0.15, 0.2) is 30.3 Å². The van der Waals surface area contributed by atoms with Gasteiger partial charge in [0.1, 0.15) is 0 Å². The molecule has 3 heteroatoms.